The molecule has 2 aromatic carbocycles. The lowest BCUT2D eigenvalue weighted by Crippen LogP contribution is -2.42. The van der Waals surface area contributed by atoms with Crippen LogP contribution in [0.3, 0.4) is 0 Å². The summed E-state index contributed by atoms with van der Waals surface area (Å²) in [4.78, 5) is 29.8. The molecule has 0 atom stereocenters. The molecular weight excluding hydrogens is 500 g/mol. The molecule has 0 aliphatic carbocycles. The highest BCUT2D eigenvalue weighted by atomic mass is 35.5. The minimum Gasteiger partial charge on any atom is -0.348 e. The largest absolute Gasteiger partial charge is 0.348 e. The van der Waals surface area contributed by atoms with Crippen molar-refractivity contribution in [2.24, 2.45) is 5.92 Å². The maximum atomic E-state index is 13.0. The third-order valence-corrected chi connectivity index (χ3v) is 8.15. The number of rotatable bonds is 8. The standard InChI is InChI=1S/C26H27ClN4O4S/c27-22-7-3-5-19(15-22)18-36(34,35)31-13-10-21(11-14-31)25(32)30-24-9-2-1-8-23(24)26(33)29-17-20-6-4-12-28-16-20/h1-9,12,15-16,21H,10-11,13-14,17-18H2,(H,29,33)(H,30,32). The van der Waals surface area contributed by atoms with E-state index in [1.165, 1.54) is 4.31 Å². The van der Waals surface area contributed by atoms with E-state index in [1.807, 2.05) is 6.07 Å². The van der Waals surface area contributed by atoms with Crippen molar-refractivity contribution in [1.29, 1.82) is 0 Å². The van der Waals surface area contributed by atoms with Crippen molar-refractivity contribution in [3.05, 3.63) is 94.8 Å². The Morgan fingerprint density at radius 1 is 1.00 bits per heavy atom. The highest BCUT2D eigenvalue weighted by molar-refractivity contribution is 7.88. The second kappa shape index (κ2) is 11.6. The molecule has 8 nitrogen and oxygen atoms in total. The Labute approximate surface area is 215 Å². The van der Waals surface area contributed by atoms with Crippen LogP contribution >= 0.6 is 11.6 Å². The van der Waals surface area contributed by atoms with E-state index >= 15 is 0 Å². The van der Waals surface area contributed by atoms with Gasteiger partial charge in [0.2, 0.25) is 15.9 Å². The Balaban J connectivity index is 1.33. The lowest BCUT2D eigenvalue weighted by Gasteiger charge is -2.30. The molecular formula is C26H27ClN4O4S. The number of nitrogens with one attached hydrogen (secondary N) is 2. The van der Waals surface area contributed by atoms with Crippen LogP contribution in [0.15, 0.2) is 73.1 Å². The number of hydrogen-bond acceptors (Lipinski definition) is 5. The summed E-state index contributed by atoms with van der Waals surface area (Å²) in [5.74, 6) is -1.02. The number of pyridine rings is 1. The number of sulfonamides is 1. The summed E-state index contributed by atoms with van der Waals surface area (Å²) >= 11 is 5.98. The molecule has 1 saturated heterocycles. The summed E-state index contributed by atoms with van der Waals surface area (Å²) < 4.78 is 27.1. The van der Waals surface area contributed by atoms with Gasteiger partial charge in [-0.1, -0.05) is 41.9 Å². The summed E-state index contributed by atoms with van der Waals surface area (Å²) in [6.07, 6.45) is 4.14. The Morgan fingerprint density at radius 3 is 2.47 bits per heavy atom. The van der Waals surface area contributed by atoms with E-state index in [9.17, 15) is 18.0 Å². The van der Waals surface area contributed by atoms with Crippen molar-refractivity contribution < 1.29 is 18.0 Å². The van der Waals surface area contributed by atoms with Gasteiger partial charge < -0.3 is 10.6 Å². The summed E-state index contributed by atoms with van der Waals surface area (Å²) in [5.41, 5.74) is 2.27. The van der Waals surface area contributed by atoms with Crippen molar-refractivity contribution >= 4 is 39.1 Å². The van der Waals surface area contributed by atoms with Gasteiger partial charge in [-0.25, -0.2) is 12.7 Å². The molecule has 0 radical (unpaired) electrons. The summed E-state index contributed by atoms with van der Waals surface area (Å²) in [5, 5.41) is 6.20. The van der Waals surface area contributed by atoms with Crippen LogP contribution in [0.2, 0.25) is 5.02 Å². The fourth-order valence-electron chi connectivity index (χ4n) is 4.13. The monoisotopic (exact) mass is 526 g/mol. The van der Waals surface area contributed by atoms with Crippen LogP contribution in [0, 0.1) is 5.92 Å². The van der Waals surface area contributed by atoms with Gasteiger partial charge in [-0.15, -0.1) is 0 Å². The van der Waals surface area contributed by atoms with Crippen molar-refractivity contribution in [1.82, 2.24) is 14.6 Å². The van der Waals surface area contributed by atoms with Gasteiger partial charge in [0.1, 0.15) is 0 Å². The molecule has 2 amide bonds. The van der Waals surface area contributed by atoms with Crippen molar-refractivity contribution in [3.63, 3.8) is 0 Å². The number of para-hydroxylation sites is 1. The topological polar surface area (TPSA) is 108 Å². The van der Waals surface area contributed by atoms with Gasteiger partial charge in [0.15, 0.2) is 0 Å². The number of benzene rings is 2. The molecule has 0 spiro atoms. The first-order chi connectivity index (χ1) is 17.3. The van der Waals surface area contributed by atoms with Crippen molar-refractivity contribution in [3.8, 4) is 0 Å². The molecule has 2 heterocycles. The number of carbonyl (C=O) groups is 2. The zero-order chi connectivity index (χ0) is 25.5. The van der Waals surface area contributed by atoms with Gasteiger partial charge in [0.25, 0.3) is 5.91 Å². The predicted octanol–water partition coefficient (Wildman–Crippen LogP) is 3.85. The van der Waals surface area contributed by atoms with Crippen LogP contribution < -0.4 is 10.6 Å². The molecule has 188 valence electrons. The fourth-order valence-corrected chi connectivity index (χ4v) is 5.89. The van der Waals surface area contributed by atoms with Crippen LogP contribution in [-0.2, 0) is 27.1 Å². The summed E-state index contributed by atoms with van der Waals surface area (Å²) in [6.45, 7) is 0.833. The quantitative estimate of drug-likeness (QED) is 0.463. The number of carbonyl (C=O) groups excluding carboxylic acids is 2. The van der Waals surface area contributed by atoms with E-state index in [0.717, 1.165) is 5.56 Å². The molecule has 1 fully saturated rings. The third-order valence-electron chi connectivity index (χ3n) is 6.06. The fraction of sp³-hybridized carbons (Fsp3) is 0.269. The van der Waals surface area contributed by atoms with Crippen LogP contribution in [0.25, 0.3) is 0 Å². The number of anilines is 1. The molecule has 1 aromatic heterocycles. The van der Waals surface area contributed by atoms with Crippen LogP contribution in [-0.4, -0.2) is 42.6 Å². The number of amides is 2. The number of nitrogens with zero attached hydrogens (tertiary/aromatic N) is 2. The zero-order valence-corrected chi connectivity index (χ0v) is 21.1. The third kappa shape index (κ3) is 6.69. The molecule has 10 heteroatoms. The lowest BCUT2D eigenvalue weighted by molar-refractivity contribution is -0.120. The van der Waals surface area contributed by atoms with Gasteiger partial charge in [-0.2, -0.15) is 0 Å². The molecule has 4 rings (SSSR count). The lowest BCUT2D eigenvalue weighted by atomic mass is 9.97. The summed E-state index contributed by atoms with van der Waals surface area (Å²) in [6, 6.07) is 17.3. The number of aromatic nitrogens is 1. The minimum atomic E-state index is -3.52. The number of hydrogen-bond donors (Lipinski definition) is 2. The Morgan fingerprint density at radius 2 is 1.75 bits per heavy atom. The first-order valence-corrected chi connectivity index (χ1v) is 13.6. The average Bonchev–Trinajstić information content (AvgIpc) is 2.88. The van der Waals surface area contributed by atoms with Crippen molar-refractivity contribution in [2.75, 3.05) is 18.4 Å². The SMILES string of the molecule is O=C(NCc1cccnc1)c1ccccc1NC(=O)C1CCN(S(=O)(=O)Cc2cccc(Cl)c2)CC1. The summed E-state index contributed by atoms with van der Waals surface area (Å²) in [7, 11) is -3.52. The highest BCUT2D eigenvalue weighted by Gasteiger charge is 2.31. The van der Waals surface area contributed by atoms with E-state index in [2.05, 4.69) is 15.6 Å². The Hall–Kier alpha value is -3.27. The number of piperidine rings is 1. The van der Waals surface area contributed by atoms with Gasteiger partial charge in [0, 0.05) is 43.0 Å². The maximum absolute atomic E-state index is 13.0. The second-order valence-electron chi connectivity index (χ2n) is 8.64. The smallest absolute Gasteiger partial charge is 0.253 e. The van der Waals surface area contributed by atoms with Crippen LogP contribution in [0.4, 0.5) is 5.69 Å². The van der Waals surface area contributed by atoms with Crippen molar-refractivity contribution in [2.45, 2.75) is 25.1 Å². The van der Waals surface area contributed by atoms with E-state index in [1.54, 1.807) is 67.0 Å². The van der Waals surface area contributed by atoms with Gasteiger partial charge in [0.05, 0.1) is 17.0 Å². The van der Waals surface area contributed by atoms with E-state index in [-0.39, 0.29) is 36.6 Å². The molecule has 0 saturated carbocycles. The van der Waals surface area contributed by atoms with E-state index in [4.69, 9.17) is 11.6 Å². The van der Waals surface area contributed by atoms with Crippen LogP contribution in [0.5, 0.6) is 0 Å². The molecule has 36 heavy (non-hydrogen) atoms. The van der Waals surface area contributed by atoms with Gasteiger partial charge >= 0.3 is 0 Å². The molecule has 1 aliphatic rings. The average molecular weight is 527 g/mol. The maximum Gasteiger partial charge on any atom is 0.253 e. The zero-order valence-electron chi connectivity index (χ0n) is 19.6. The Bertz CT molecular complexity index is 1330. The second-order valence-corrected chi connectivity index (χ2v) is 11.0. The number of halogens is 1. The predicted molar refractivity (Wildman–Crippen MR) is 139 cm³/mol. The van der Waals surface area contributed by atoms with E-state index in [0.29, 0.717) is 41.2 Å². The molecule has 0 bridgehead atoms. The van der Waals surface area contributed by atoms with Gasteiger partial charge in [-0.05, 0) is 54.3 Å². The Kier molecular flexibility index (Phi) is 8.35. The first kappa shape index (κ1) is 25.8. The van der Waals surface area contributed by atoms with E-state index < -0.39 is 10.0 Å². The molecule has 2 N–H and O–H groups in total. The molecule has 1 aliphatic heterocycles. The highest BCUT2D eigenvalue weighted by Crippen LogP contribution is 2.25. The molecule has 3 aromatic rings. The van der Waals surface area contributed by atoms with Crippen LogP contribution in [0.1, 0.15) is 34.3 Å². The first-order valence-electron chi connectivity index (χ1n) is 11.6. The molecule has 0 unspecified atom stereocenters. The minimum absolute atomic E-state index is 0.133. The normalized spacial score (nSPS) is 14.8. The van der Waals surface area contributed by atoms with Gasteiger partial charge in [-0.3, -0.25) is 14.6 Å².